The molecule has 0 unspecified atom stereocenters. The summed E-state index contributed by atoms with van der Waals surface area (Å²) in [5, 5.41) is 10.9. The van der Waals surface area contributed by atoms with Crippen LogP contribution in [0.25, 0.3) is 0 Å². The molecular formula is C18H30N2O3. The number of carboxylic acid groups (broad SMARTS) is 1. The van der Waals surface area contributed by atoms with Gasteiger partial charge in [-0.05, 0) is 46.4 Å². The number of nitrogens with one attached hydrogen (secondary N) is 1. The van der Waals surface area contributed by atoms with Gasteiger partial charge in [0, 0.05) is 24.2 Å². The summed E-state index contributed by atoms with van der Waals surface area (Å²) in [5.41, 5.74) is 0.683. The maximum absolute atomic E-state index is 11.1. The average molecular weight is 322 g/mol. The molecule has 0 aliphatic heterocycles. The molecule has 1 aromatic carbocycles. The predicted molar refractivity (Wildman–Crippen MR) is 94.6 cm³/mol. The van der Waals surface area contributed by atoms with Crippen LogP contribution in [-0.2, 0) is 9.59 Å². The highest BCUT2D eigenvalue weighted by Crippen LogP contribution is 2.05. The Balaban J connectivity index is 0.000000468. The number of hydrogen-bond donors (Lipinski definition) is 2. The molecule has 0 radical (unpaired) electrons. The second-order valence-electron chi connectivity index (χ2n) is 5.83. The number of amides is 1. The Labute approximate surface area is 139 Å². The Morgan fingerprint density at radius 3 is 1.91 bits per heavy atom. The monoisotopic (exact) mass is 322 g/mol. The number of nitrogens with zero attached hydrogens (tertiary/aromatic N) is 1. The fourth-order valence-electron chi connectivity index (χ4n) is 2.29. The number of benzene rings is 1. The molecule has 1 aromatic rings. The molecule has 0 aliphatic rings. The molecule has 0 heterocycles. The van der Waals surface area contributed by atoms with Crippen LogP contribution in [0.15, 0.2) is 30.3 Å². The van der Waals surface area contributed by atoms with Gasteiger partial charge in [-0.15, -0.1) is 0 Å². The van der Waals surface area contributed by atoms with E-state index in [0.717, 1.165) is 6.54 Å². The van der Waals surface area contributed by atoms with Gasteiger partial charge in [-0.25, -0.2) is 0 Å². The Kier molecular flexibility index (Phi) is 10.7. The van der Waals surface area contributed by atoms with Gasteiger partial charge in [-0.1, -0.05) is 25.1 Å². The molecule has 23 heavy (non-hydrogen) atoms. The van der Waals surface area contributed by atoms with E-state index >= 15 is 0 Å². The highest BCUT2D eigenvalue weighted by molar-refractivity contribution is 5.92. The number of rotatable bonds is 7. The van der Waals surface area contributed by atoms with E-state index in [0.29, 0.717) is 17.8 Å². The van der Waals surface area contributed by atoms with Crippen molar-refractivity contribution < 1.29 is 14.7 Å². The minimum atomic E-state index is -0.965. The normalized spacial score (nSPS) is 10.4. The van der Waals surface area contributed by atoms with E-state index in [4.69, 9.17) is 5.11 Å². The zero-order valence-electron chi connectivity index (χ0n) is 14.9. The van der Waals surface area contributed by atoms with Gasteiger partial charge in [0.15, 0.2) is 0 Å². The van der Waals surface area contributed by atoms with Crippen LogP contribution in [0.2, 0.25) is 0 Å². The summed E-state index contributed by atoms with van der Waals surface area (Å²) < 4.78 is 0. The largest absolute Gasteiger partial charge is 0.481 e. The van der Waals surface area contributed by atoms with Crippen LogP contribution in [0, 0.1) is 0 Å². The standard InChI is InChI=1S/C10H11NO3.C8H19N/c12-9(6-7-10(13)14)11-8-4-2-1-3-5-8;1-6-9(7(2)3)8(4)5/h1-5H,6-7H2,(H,11,12)(H,13,14);7-8H,6H2,1-5H3. The highest BCUT2D eigenvalue weighted by Gasteiger charge is 2.09. The molecule has 0 atom stereocenters. The molecule has 0 aliphatic carbocycles. The average Bonchev–Trinajstić information content (AvgIpc) is 2.46. The van der Waals surface area contributed by atoms with Crippen molar-refractivity contribution in [3.05, 3.63) is 30.3 Å². The van der Waals surface area contributed by atoms with Crippen LogP contribution in [0.1, 0.15) is 47.5 Å². The van der Waals surface area contributed by atoms with Crippen LogP contribution in [-0.4, -0.2) is 40.5 Å². The maximum Gasteiger partial charge on any atom is 0.303 e. The van der Waals surface area contributed by atoms with E-state index in [9.17, 15) is 9.59 Å². The van der Waals surface area contributed by atoms with Crippen LogP contribution in [0.3, 0.4) is 0 Å². The number of aliphatic carboxylic acids is 1. The van der Waals surface area contributed by atoms with Gasteiger partial charge in [0.25, 0.3) is 0 Å². The van der Waals surface area contributed by atoms with Gasteiger partial charge >= 0.3 is 5.97 Å². The SMILES string of the molecule is CCN(C(C)C)C(C)C.O=C(O)CCC(=O)Nc1ccccc1. The number of carbonyl (C=O) groups excluding carboxylic acids is 1. The van der Waals surface area contributed by atoms with Gasteiger partial charge in [0.1, 0.15) is 0 Å². The predicted octanol–water partition coefficient (Wildman–Crippen LogP) is 3.62. The van der Waals surface area contributed by atoms with Crippen molar-refractivity contribution >= 4 is 17.6 Å². The van der Waals surface area contributed by atoms with Crippen LogP contribution < -0.4 is 5.32 Å². The Bertz CT molecular complexity index is 451. The lowest BCUT2D eigenvalue weighted by molar-refractivity contribution is -0.138. The van der Waals surface area contributed by atoms with Crippen LogP contribution in [0.4, 0.5) is 5.69 Å². The molecule has 0 saturated carbocycles. The zero-order chi connectivity index (χ0) is 17.8. The maximum atomic E-state index is 11.1. The van der Waals surface area contributed by atoms with Crippen LogP contribution in [0.5, 0.6) is 0 Å². The van der Waals surface area contributed by atoms with Crippen molar-refractivity contribution in [1.29, 1.82) is 0 Å². The molecule has 0 aromatic heterocycles. The van der Waals surface area contributed by atoms with Crippen molar-refractivity contribution in [3.63, 3.8) is 0 Å². The summed E-state index contributed by atoms with van der Waals surface area (Å²) >= 11 is 0. The molecule has 130 valence electrons. The first kappa shape index (κ1) is 21.1. The molecule has 1 amide bonds. The second kappa shape index (κ2) is 11.7. The number of carboxylic acids is 1. The van der Waals surface area contributed by atoms with E-state index in [-0.39, 0.29) is 18.7 Å². The van der Waals surface area contributed by atoms with Gasteiger partial charge in [-0.3, -0.25) is 14.5 Å². The lowest BCUT2D eigenvalue weighted by Gasteiger charge is -2.28. The molecule has 1 rings (SSSR count). The molecule has 0 spiro atoms. The number of carbonyl (C=O) groups is 2. The summed E-state index contributed by atoms with van der Waals surface area (Å²) in [7, 11) is 0. The number of para-hydroxylation sites is 1. The van der Waals surface area contributed by atoms with Crippen molar-refractivity contribution in [1.82, 2.24) is 4.90 Å². The molecule has 0 fully saturated rings. The second-order valence-corrected chi connectivity index (χ2v) is 5.83. The third-order valence-corrected chi connectivity index (χ3v) is 3.32. The highest BCUT2D eigenvalue weighted by atomic mass is 16.4. The molecule has 0 saturated heterocycles. The number of hydrogen-bond acceptors (Lipinski definition) is 3. The smallest absolute Gasteiger partial charge is 0.303 e. The topological polar surface area (TPSA) is 69.6 Å². The molecule has 5 heteroatoms. The van der Waals surface area contributed by atoms with Gasteiger partial charge in [0.05, 0.1) is 6.42 Å². The quantitative estimate of drug-likeness (QED) is 0.804. The summed E-state index contributed by atoms with van der Waals surface area (Å²) in [6.07, 6.45) is -0.136. The lowest BCUT2D eigenvalue weighted by Crippen LogP contribution is -2.36. The van der Waals surface area contributed by atoms with Gasteiger partial charge < -0.3 is 10.4 Å². The van der Waals surface area contributed by atoms with E-state index in [1.54, 1.807) is 24.3 Å². The van der Waals surface area contributed by atoms with Gasteiger partial charge in [0.2, 0.25) is 5.91 Å². The van der Waals surface area contributed by atoms with Crippen molar-refractivity contribution in [2.24, 2.45) is 0 Å². The third kappa shape index (κ3) is 10.5. The van der Waals surface area contributed by atoms with E-state index < -0.39 is 5.97 Å². The zero-order valence-corrected chi connectivity index (χ0v) is 14.9. The third-order valence-electron chi connectivity index (χ3n) is 3.32. The summed E-state index contributed by atoms with van der Waals surface area (Å²) in [6.45, 7) is 12.3. The summed E-state index contributed by atoms with van der Waals surface area (Å²) in [5.74, 6) is -1.24. The van der Waals surface area contributed by atoms with Crippen molar-refractivity contribution in [2.75, 3.05) is 11.9 Å². The Hall–Kier alpha value is -1.88. The summed E-state index contributed by atoms with van der Waals surface area (Å²) in [6, 6.07) is 10.3. The van der Waals surface area contributed by atoms with Crippen molar-refractivity contribution in [2.45, 2.75) is 59.5 Å². The van der Waals surface area contributed by atoms with E-state index in [1.807, 2.05) is 6.07 Å². The van der Waals surface area contributed by atoms with E-state index in [2.05, 4.69) is 44.8 Å². The first-order valence-electron chi connectivity index (χ1n) is 8.10. The van der Waals surface area contributed by atoms with Crippen molar-refractivity contribution in [3.8, 4) is 0 Å². The van der Waals surface area contributed by atoms with Crippen LogP contribution >= 0.6 is 0 Å². The fraction of sp³-hybridized carbons (Fsp3) is 0.556. The Morgan fingerprint density at radius 2 is 1.57 bits per heavy atom. The molecular weight excluding hydrogens is 292 g/mol. The number of anilines is 1. The van der Waals surface area contributed by atoms with Gasteiger partial charge in [-0.2, -0.15) is 0 Å². The molecule has 2 N–H and O–H groups in total. The molecule has 5 nitrogen and oxygen atoms in total. The summed E-state index contributed by atoms with van der Waals surface area (Å²) in [4.78, 5) is 23.8. The first-order valence-corrected chi connectivity index (χ1v) is 8.10. The minimum absolute atomic E-state index is 0.00419. The lowest BCUT2D eigenvalue weighted by atomic mass is 10.2. The Morgan fingerprint density at radius 1 is 1.04 bits per heavy atom. The minimum Gasteiger partial charge on any atom is -0.481 e. The fourth-order valence-corrected chi connectivity index (χ4v) is 2.29. The first-order chi connectivity index (χ1) is 10.8. The molecule has 0 bridgehead atoms. The van der Waals surface area contributed by atoms with E-state index in [1.165, 1.54) is 0 Å².